The van der Waals surface area contributed by atoms with Crippen molar-refractivity contribution in [1.82, 2.24) is 5.32 Å². The maximum Gasteiger partial charge on any atom is 0.410 e. The summed E-state index contributed by atoms with van der Waals surface area (Å²) in [5.41, 5.74) is -0.468. The zero-order valence-corrected chi connectivity index (χ0v) is 15.9. The summed E-state index contributed by atoms with van der Waals surface area (Å²) in [6.45, 7) is 7.22. The van der Waals surface area contributed by atoms with Gasteiger partial charge in [0.1, 0.15) is 0 Å². The van der Waals surface area contributed by atoms with Gasteiger partial charge < -0.3 is 19.9 Å². The van der Waals surface area contributed by atoms with Crippen LogP contribution in [-0.2, 0) is 19.1 Å². The summed E-state index contributed by atoms with van der Waals surface area (Å²) < 4.78 is 10.5. The molecule has 0 bridgehead atoms. The van der Waals surface area contributed by atoms with Crippen molar-refractivity contribution in [3.05, 3.63) is 12.2 Å². The first-order valence-corrected chi connectivity index (χ1v) is 9.18. The predicted molar refractivity (Wildman–Crippen MR) is 94.1 cm³/mol. The molecule has 7 nitrogen and oxygen atoms in total. The van der Waals surface area contributed by atoms with Crippen LogP contribution in [0.5, 0.6) is 0 Å². The zero-order chi connectivity index (χ0) is 19.5. The van der Waals surface area contributed by atoms with Gasteiger partial charge in [0.2, 0.25) is 0 Å². The third-order valence-electron chi connectivity index (χ3n) is 5.23. The van der Waals surface area contributed by atoms with Crippen molar-refractivity contribution in [2.75, 3.05) is 6.54 Å². The molecule has 0 aromatic rings. The normalized spacial score (nSPS) is 27.6. The molecule has 2 aliphatic carbocycles. The zero-order valence-electron chi connectivity index (χ0n) is 15.9. The molecule has 26 heavy (non-hydrogen) atoms. The molecular weight excluding hydrogens is 338 g/mol. The molecule has 4 atom stereocenters. The topological polar surface area (TPSA) is 102 Å². The van der Waals surface area contributed by atoms with E-state index in [2.05, 4.69) is 17.5 Å². The number of hydrogen-bond donors (Lipinski definition) is 2. The standard InChI is InChI=1S/C19H29NO6/c1-11(2)16(23)25-17(12(3)4)26-18(24)20-10-19(9-15(21)22)8-13-6-5-7-14(13)19/h5,7,11-14,17H,6,8-10H2,1-4H3,(H,20,24)(H,21,22)/t13-,14-,17+,19-/m0/s1. The molecule has 1 amide bonds. The summed E-state index contributed by atoms with van der Waals surface area (Å²) in [5, 5.41) is 11.9. The Morgan fingerprint density at radius 3 is 2.46 bits per heavy atom. The van der Waals surface area contributed by atoms with Gasteiger partial charge in [0.05, 0.1) is 12.3 Å². The van der Waals surface area contributed by atoms with Crippen molar-refractivity contribution in [2.45, 2.75) is 53.2 Å². The molecule has 0 heterocycles. The Bertz CT molecular complexity index is 585. The van der Waals surface area contributed by atoms with Gasteiger partial charge in [-0.15, -0.1) is 0 Å². The van der Waals surface area contributed by atoms with E-state index in [9.17, 15) is 19.5 Å². The van der Waals surface area contributed by atoms with Crippen molar-refractivity contribution in [2.24, 2.45) is 29.1 Å². The summed E-state index contributed by atoms with van der Waals surface area (Å²) in [4.78, 5) is 35.2. The van der Waals surface area contributed by atoms with E-state index in [1.54, 1.807) is 27.7 Å². The summed E-state index contributed by atoms with van der Waals surface area (Å²) in [6, 6.07) is 0. The Hall–Kier alpha value is -2.05. The van der Waals surface area contributed by atoms with Gasteiger partial charge in [-0.25, -0.2) is 4.79 Å². The molecule has 0 aromatic heterocycles. The van der Waals surface area contributed by atoms with Crippen LogP contribution >= 0.6 is 0 Å². The first kappa shape index (κ1) is 20.3. The number of allylic oxidation sites excluding steroid dienone is 2. The number of alkyl carbamates (subject to hydrolysis) is 1. The fourth-order valence-electron chi connectivity index (χ4n) is 3.80. The number of hydrogen-bond acceptors (Lipinski definition) is 5. The van der Waals surface area contributed by atoms with E-state index in [4.69, 9.17) is 9.47 Å². The van der Waals surface area contributed by atoms with E-state index in [1.807, 2.05) is 0 Å². The highest BCUT2D eigenvalue weighted by Gasteiger charge is 2.54. The number of carbonyl (C=O) groups is 3. The number of fused-ring (bicyclic) bond motifs is 1. The van der Waals surface area contributed by atoms with Gasteiger partial charge in [-0.05, 0) is 24.7 Å². The molecule has 2 aliphatic rings. The van der Waals surface area contributed by atoms with Gasteiger partial charge in [-0.3, -0.25) is 9.59 Å². The van der Waals surface area contributed by atoms with Crippen LogP contribution in [0.25, 0.3) is 0 Å². The largest absolute Gasteiger partial charge is 0.481 e. The third kappa shape index (κ3) is 4.56. The predicted octanol–water partition coefficient (Wildman–Crippen LogP) is 2.95. The second-order valence-electron chi connectivity index (χ2n) is 8.05. The van der Waals surface area contributed by atoms with E-state index in [1.165, 1.54) is 0 Å². The SMILES string of the molecule is CC(C)C(=O)O[C@H](OC(=O)NC[C@@]1(CC(=O)O)C[C@@H]2CC=C[C@@H]21)C(C)C. The minimum atomic E-state index is -0.971. The van der Waals surface area contributed by atoms with Crippen LogP contribution in [0.4, 0.5) is 4.79 Å². The lowest BCUT2D eigenvalue weighted by Gasteiger charge is -2.51. The van der Waals surface area contributed by atoms with Crippen molar-refractivity contribution >= 4 is 18.0 Å². The monoisotopic (exact) mass is 367 g/mol. The lowest BCUT2D eigenvalue weighted by Crippen LogP contribution is -2.53. The second kappa shape index (κ2) is 8.10. The average molecular weight is 367 g/mol. The average Bonchev–Trinajstić information content (AvgIpc) is 2.92. The number of ether oxygens (including phenoxy) is 2. The minimum absolute atomic E-state index is 0.00866. The number of carbonyl (C=O) groups excluding carboxylic acids is 2. The minimum Gasteiger partial charge on any atom is -0.481 e. The fourth-order valence-corrected chi connectivity index (χ4v) is 3.80. The first-order valence-electron chi connectivity index (χ1n) is 9.18. The molecule has 2 N–H and O–H groups in total. The van der Waals surface area contributed by atoms with Crippen LogP contribution in [0, 0.1) is 29.1 Å². The molecule has 7 heteroatoms. The Labute approximate surface area is 154 Å². The van der Waals surface area contributed by atoms with Crippen LogP contribution in [0.2, 0.25) is 0 Å². The van der Waals surface area contributed by atoms with Gasteiger partial charge in [0, 0.05) is 17.9 Å². The molecule has 1 saturated carbocycles. The van der Waals surface area contributed by atoms with Crippen molar-refractivity contribution < 1.29 is 29.0 Å². The molecule has 0 unspecified atom stereocenters. The number of carboxylic acid groups (broad SMARTS) is 1. The molecule has 0 radical (unpaired) electrons. The lowest BCUT2D eigenvalue weighted by atomic mass is 9.53. The maximum atomic E-state index is 12.2. The summed E-state index contributed by atoms with van der Waals surface area (Å²) >= 11 is 0. The van der Waals surface area contributed by atoms with Crippen LogP contribution in [0.15, 0.2) is 12.2 Å². The highest BCUT2D eigenvalue weighted by atomic mass is 16.7. The highest BCUT2D eigenvalue weighted by molar-refractivity contribution is 5.72. The highest BCUT2D eigenvalue weighted by Crippen LogP contribution is 2.57. The Morgan fingerprint density at radius 1 is 1.23 bits per heavy atom. The Kier molecular flexibility index (Phi) is 6.31. The van der Waals surface area contributed by atoms with E-state index in [0.29, 0.717) is 5.92 Å². The van der Waals surface area contributed by atoms with Gasteiger partial charge in [-0.2, -0.15) is 0 Å². The summed E-state index contributed by atoms with van der Waals surface area (Å²) in [5.74, 6) is -1.16. The number of rotatable bonds is 8. The van der Waals surface area contributed by atoms with Crippen LogP contribution < -0.4 is 5.32 Å². The second-order valence-corrected chi connectivity index (χ2v) is 8.05. The molecule has 146 valence electrons. The smallest absolute Gasteiger partial charge is 0.410 e. The fraction of sp³-hybridized carbons (Fsp3) is 0.737. The molecule has 0 spiro atoms. The van der Waals surface area contributed by atoms with Crippen LogP contribution in [-0.4, -0.2) is 36.0 Å². The molecule has 1 fully saturated rings. The number of aliphatic carboxylic acids is 1. The summed E-state index contributed by atoms with van der Waals surface area (Å²) in [6.07, 6.45) is 4.22. The van der Waals surface area contributed by atoms with Crippen LogP contribution in [0.1, 0.15) is 47.0 Å². The molecular formula is C19H29NO6. The van der Waals surface area contributed by atoms with Gasteiger partial charge in [0.15, 0.2) is 0 Å². The summed E-state index contributed by atoms with van der Waals surface area (Å²) in [7, 11) is 0. The number of nitrogens with one attached hydrogen (secondary N) is 1. The maximum absolute atomic E-state index is 12.2. The third-order valence-corrected chi connectivity index (χ3v) is 5.23. The van der Waals surface area contributed by atoms with E-state index in [-0.39, 0.29) is 30.7 Å². The van der Waals surface area contributed by atoms with Crippen molar-refractivity contribution in [3.8, 4) is 0 Å². The molecule has 0 saturated heterocycles. The van der Waals surface area contributed by atoms with Gasteiger partial charge in [-0.1, -0.05) is 39.8 Å². The van der Waals surface area contributed by atoms with E-state index in [0.717, 1.165) is 12.8 Å². The Balaban J connectivity index is 1.92. The molecule has 0 aliphatic heterocycles. The number of amides is 1. The van der Waals surface area contributed by atoms with Gasteiger partial charge >= 0.3 is 18.0 Å². The lowest BCUT2D eigenvalue weighted by molar-refractivity contribution is -0.179. The van der Waals surface area contributed by atoms with Crippen LogP contribution in [0.3, 0.4) is 0 Å². The van der Waals surface area contributed by atoms with E-state index >= 15 is 0 Å². The van der Waals surface area contributed by atoms with Crippen molar-refractivity contribution in [3.63, 3.8) is 0 Å². The molecule has 0 aromatic carbocycles. The Morgan fingerprint density at radius 2 is 1.92 bits per heavy atom. The number of carboxylic acids is 1. The van der Waals surface area contributed by atoms with Crippen molar-refractivity contribution in [1.29, 1.82) is 0 Å². The van der Waals surface area contributed by atoms with Gasteiger partial charge in [0.25, 0.3) is 6.29 Å². The van der Waals surface area contributed by atoms with E-state index < -0.39 is 29.7 Å². The number of esters is 1. The quantitative estimate of drug-likeness (QED) is 0.388. The molecule has 2 rings (SSSR count). The first-order chi connectivity index (χ1) is 12.1.